The molecular weight excluding hydrogens is 1060 g/mol. The van der Waals surface area contributed by atoms with Gasteiger partial charge in [0.2, 0.25) is 5.91 Å². The van der Waals surface area contributed by atoms with E-state index in [4.69, 9.17) is 40.8 Å². The minimum atomic E-state index is -1.12. The summed E-state index contributed by atoms with van der Waals surface area (Å²) in [6.07, 6.45) is 1.06. The van der Waals surface area contributed by atoms with Crippen LogP contribution in [0.25, 0.3) is 33.4 Å². The van der Waals surface area contributed by atoms with Gasteiger partial charge < -0.3 is 68.1 Å². The van der Waals surface area contributed by atoms with Crippen LogP contribution in [0.15, 0.2) is 128 Å². The number of nitrogens with one attached hydrogen (secondary N) is 3. The van der Waals surface area contributed by atoms with Crippen molar-refractivity contribution in [2.75, 3.05) is 82.9 Å². The molecule has 4 aromatic carbocycles. The number of ether oxygens (including phenoxy) is 2. The van der Waals surface area contributed by atoms with Crippen LogP contribution in [0.4, 0.5) is 11.4 Å². The number of aliphatic carboxylic acids is 1. The summed E-state index contributed by atoms with van der Waals surface area (Å²) in [6.45, 7) is 1.40. The molecule has 0 spiro atoms. The molecule has 0 saturated heterocycles. The van der Waals surface area contributed by atoms with Crippen molar-refractivity contribution in [1.29, 1.82) is 0 Å². The summed E-state index contributed by atoms with van der Waals surface area (Å²) in [5, 5.41) is 35.5. The highest BCUT2D eigenvalue weighted by atomic mass is 32.2. The first kappa shape index (κ1) is 70.0. The maximum absolute atomic E-state index is 13.2. The van der Waals surface area contributed by atoms with Crippen molar-refractivity contribution in [2.24, 2.45) is 5.14 Å². The van der Waals surface area contributed by atoms with Crippen LogP contribution in [0.3, 0.4) is 0 Å². The Kier molecular flexibility index (Phi) is 33.6. The molecule has 4 aromatic rings. The zero-order valence-corrected chi connectivity index (χ0v) is 44.2. The normalized spacial score (nSPS) is 10.2. The van der Waals surface area contributed by atoms with Gasteiger partial charge in [-0.3, -0.25) is 38.9 Å². The van der Waals surface area contributed by atoms with Crippen molar-refractivity contribution in [3.63, 3.8) is 0 Å². The molecule has 418 valence electrons. The first-order valence-corrected chi connectivity index (χ1v) is 24.2. The number of carbonyl (C=O) groups excluding carboxylic acids is 5. The van der Waals surface area contributed by atoms with Gasteiger partial charge in [-0.2, -0.15) is 9.59 Å². The summed E-state index contributed by atoms with van der Waals surface area (Å²) in [4.78, 5) is 84.0. The van der Waals surface area contributed by atoms with Gasteiger partial charge in [0.25, 0.3) is 0 Å². The number of phenolic OH excluding ortho intramolecular Hbond substituents is 1. The number of thiocarbonyl (C=S) groups is 1. The van der Waals surface area contributed by atoms with E-state index >= 15 is 0 Å². The van der Waals surface area contributed by atoms with Crippen LogP contribution in [-0.4, -0.2) is 149 Å². The molecule has 23 nitrogen and oxygen atoms in total. The highest BCUT2D eigenvalue weighted by Crippen LogP contribution is 2.40. The monoisotopic (exact) mass is 1130 g/mol. The minimum absolute atomic E-state index is 0. The second-order valence-corrected chi connectivity index (χ2v) is 17.7. The molecule has 0 atom stereocenters. The summed E-state index contributed by atoms with van der Waals surface area (Å²) >= 11 is 10.9. The number of benzene rings is 5. The Bertz CT molecular complexity index is 2840. The van der Waals surface area contributed by atoms with Gasteiger partial charge in [-0.25, -0.2) is 0 Å². The highest BCUT2D eigenvalue weighted by Gasteiger charge is 2.21. The molecule has 0 aromatic heterocycles. The number of carboxylic acid groups (broad SMARTS) is 1. The third-order valence-corrected chi connectivity index (χ3v) is 11.7. The van der Waals surface area contributed by atoms with Crippen LogP contribution in [-0.2, 0) is 44.7 Å². The van der Waals surface area contributed by atoms with Crippen LogP contribution in [0.5, 0.6) is 5.75 Å². The molecule has 0 bridgehead atoms. The Labute approximate surface area is 458 Å². The van der Waals surface area contributed by atoms with Gasteiger partial charge in [0.15, 0.2) is 16.3 Å². The van der Waals surface area contributed by atoms with E-state index < -0.39 is 18.4 Å². The lowest BCUT2D eigenvalue weighted by atomic mass is 9.93. The fourth-order valence-corrected chi connectivity index (χ4v) is 8.06. The molecule has 18 N–H and O–H groups in total. The Morgan fingerprint density at radius 2 is 1.34 bits per heavy atom. The number of Topliss-reactive ketones (excluding diaryl/α,β-unsaturated/α-hetero) is 2. The van der Waals surface area contributed by atoms with Crippen molar-refractivity contribution in [2.45, 2.75) is 29.1 Å². The average Bonchev–Trinajstić information content (AvgIpc) is 3.34. The third-order valence-electron chi connectivity index (χ3n) is 10.6. The maximum atomic E-state index is 13.2. The number of phenols is 1. The fraction of sp³-hybridized carbons (Fsp3) is 0.275. The lowest BCUT2D eigenvalue weighted by Crippen LogP contribution is -2.44. The number of nitrogens with two attached hydrogens (primary N) is 1. The van der Waals surface area contributed by atoms with Gasteiger partial charge in [0, 0.05) is 88.9 Å². The molecule has 2 aliphatic rings. The standard InChI is InChI=1S/C50H54N6O10S3.CO2.H3N.4H2O/c51-69-42-15-9-35(10-16-42)53-47(61)31-56(32-48(62)63)21-20-55(30-40(60)26-33-3-13-41(67)14-4-33)29-39(59)2-1-22-64-24-25-65-23-19-52-50(68)54-36-7-5-34(6-8-36)49-43-17-11-37(57)27-45(43)66-46-28-38(58)12-18-44(46)49;2-1-3;;;;;/h3-18,27-28,57,67H,1-2,19-26,29-32,51H2,(H,53,61)(H,62,63)(H2,52,54,68);;1H3;4*1H2. The van der Waals surface area contributed by atoms with Gasteiger partial charge in [-0.1, -0.05) is 24.3 Å². The summed E-state index contributed by atoms with van der Waals surface area (Å²) in [5.41, 5.74) is 4.92. The molecule has 26 heteroatoms. The van der Waals surface area contributed by atoms with Gasteiger partial charge in [-0.05, 0) is 115 Å². The lowest BCUT2D eigenvalue weighted by Gasteiger charge is -2.26. The van der Waals surface area contributed by atoms with Gasteiger partial charge in [0.05, 0.1) is 46.0 Å². The van der Waals surface area contributed by atoms with E-state index in [2.05, 4.69) is 28.6 Å². The largest absolute Gasteiger partial charge is 0.508 e. The number of fused-ring (bicyclic) bond motifs is 2. The van der Waals surface area contributed by atoms with Crippen LogP contribution in [0.1, 0.15) is 18.4 Å². The van der Waals surface area contributed by atoms with E-state index in [1.165, 1.54) is 23.1 Å². The van der Waals surface area contributed by atoms with Crippen molar-refractivity contribution in [3.8, 4) is 28.2 Å². The van der Waals surface area contributed by atoms with E-state index in [9.17, 15) is 34.2 Å². The van der Waals surface area contributed by atoms with Crippen LogP contribution in [0, 0.1) is 0 Å². The van der Waals surface area contributed by atoms with E-state index in [0.29, 0.717) is 61.5 Å². The number of ketones is 2. The van der Waals surface area contributed by atoms with Gasteiger partial charge in [-0.15, -0.1) is 12.6 Å². The zero-order valence-electron chi connectivity index (χ0n) is 41.7. The summed E-state index contributed by atoms with van der Waals surface area (Å²) < 4.78 is 17.3. The zero-order chi connectivity index (χ0) is 51.8. The number of anilines is 2. The minimum Gasteiger partial charge on any atom is -0.508 e. The second kappa shape index (κ2) is 36.9. The molecule has 77 heavy (non-hydrogen) atoms. The summed E-state index contributed by atoms with van der Waals surface area (Å²) in [6, 6.07) is 31.4. The summed E-state index contributed by atoms with van der Waals surface area (Å²) in [7, 11) is 0. The first-order valence-electron chi connectivity index (χ1n) is 22.5. The van der Waals surface area contributed by atoms with E-state index in [1.54, 1.807) is 59.5 Å². The first-order chi connectivity index (χ1) is 34.7. The fourth-order valence-electron chi connectivity index (χ4n) is 7.39. The van der Waals surface area contributed by atoms with E-state index in [1.807, 2.05) is 36.4 Å². The number of carbonyl (C=O) groups is 4. The number of aromatic hydroxyl groups is 1. The number of thiol groups is 1. The summed E-state index contributed by atoms with van der Waals surface area (Å²) in [5.74, 6) is -1.27. The van der Waals surface area contributed by atoms with Gasteiger partial charge >= 0.3 is 12.1 Å². The molecular formula is C51H65N7O16S3. The molecule has 1 amide bonds. The predicted octanol–water partition coefficient (Wildman–Crippen LogP) is 2.61. The van der Waals surface area contributed by atoms with Crippen molar-refractivity contribution < 1.29 is 74.8 Å². The van der Waals surface area contributed by atoms with E-state index in [0.717, 1.165) is 55.1 Å². The Balaban J connectivity index is 0.00000705. The average molecular weight is 1130 g/mol. The molecule has 6 rings (SSSR count). The number of amides is 1. The quantitative estimate of drug-likeness (QED) is 0.0121. The molecule has 0 unspecified atom stereocenters. The van der Waals surface area contributed by atoms with Crippen molar-refractivity contribution in [3.05, 3.63) is 125 Å². The van der Waals surface area contributed by atoms with Crippen LogP contribution < -0.4 is 32.7 Å². The molecule has 1 aliphatic carbocycles. The molecule has 1 aliphatic heterocycles. The van der Waals surface area contributed by atoms with Crippen LogP contribution in [0.2, 0.25) is 0 Å². The SMILES string of the molecule is N.NSc1ccc(NC(=O)CN(CCN(CC(=O)CCCOCCOCCNC(=S)Nc2ccc(-c3c4ccc(=O)cc-4oc4cc(O)ccc34)cc2)CC(=O)Cc2ccc(S)cc2)CC(=O)O)cc1.O.O.O.O.O=C=O. The lowest BCUT2D eigenvalue weighted by molar-refractivity contribution is -0.191. The number of nitrogens with zero attached hydrogens (tertiary/aromatic N) is 2. The Hall–Kier alpha value is -6.98. The van der Waals surface area contributed by atoms with Gasteiger partial charge in [0.1, 0.15) is 22.9 Å². The number of rotatable bonds is 27. The smallest absolute Gasteiger partial charge is 0.373 e. The molecule has 0 radical (unpaired) electrons. The molecule has 1 heterocycles. The van der Waals surface area contributed by atoms with Crippen LogP contribution >= 0.6 is 36.8 Å². The van der Waals surface area contributed by atoms with E-state index in [-0.39, 0.29) is 103 Å². The number of hydrogen-bond acceptors (Lipinski definition) is 18. The Morgan fingerprint density at radius 3 is 1.97 bits per heavy atom. The van der Waals surface area contributed by atoms with Crippen molar-refractivity contribution >= 4 is 93.8 Å². The molecule has 0 saturated carbocycles. The number of hydrogen-bond donors (Lipinski definition) is 8. The Morgan fingerprint density at radius 1 is 0.740 bits per heavy atom. The third kappa shape index (κ3) is 24.3. The molecule has 0 fully saturated rings. The second-order valence-electron chi connectivity index (χ2n) is 16.1. The van der Waals surface area contributed by atoms with Crippen molar-refractivity contribution in [1.82, 2.24) is 21.3 Å². The number of carboxylic acids is 1. The predicted molar refractivity (Wildman–Crippen MR) is 299 cm³/mol. The highest BCUT2D eigenvalue weighted by molar-refractivity contribution is 7.97. The topological polar surface area (TPSA) is 421 Å². The maximum Gasteiger partial charge on any atom is 0.373 e.